The van der Waals surface area contributed by atoms with Crippen LogP contribution in [0.25, 0.3) is 65.4 Å². The van der Waals surface area contributed by atoms with Gasteiger partial charge >= 0.3 is 0 Å². The summed E-state index contributed by atoms with van der Waals surface area (Å²) in [5, 5.41) is 10.2. The third-order valence-corrected chi connectivity index (χ3v) is 9.72. The Morgan fingerprint density at radius 3 is 0.886 bits per heavy atom. The van der Waals surface area contributed by atoms with Gasteiger partial charge in [-0.1, -0.05) is 133 Å². The number of hydrogen-bond acceptors (Lipinski definition) is 0. The van der Waals surface area contributed by atoms with E-state index in [1.54, 1.807) is 0 Å². The number of benzene rings is 8. The van der Waals surface area contributed by atoms with Crippen LogP contribution in [0.15, 0.2) is 158 Å². The molecule has 0 bridgehead atoms. The molecule has 0 heteroatoms. The summed E-state index contributed by atoms with van der Waals surface area (Å²) in [6, 6.07) is 58.5. The predicted molar refractivity (Wildman–Crippen MR) is 188 cm³/mol. The SMILES string of the molecule is c1ccc2cc3c(cc2c1)C1=C(c2cccc4ccccc24)c2cc4ccccc4cc2C1=C3c1cccc2ccccc12. The fourth-order valence-corrected chi connectivity index (χ4v) is 7.81. The zero-order valence-corrected chi connectivity index (χ0v) is 24.0. The van der Waals surface area contributed by atoms with Crippen molar-refractivity contribution in [1.29, 1.82) is 0 Å². The molecule has 0 saturated carbocycles. The largest absolute Gasteiger partial charge is 0.0616 e. The molecule has 0 amide bonds. The van der Waals surface area contributed by atoms with Gasteiger partial charge in [0, 0.05) is 0 Å². The first kappa shape index (κ1) is 23.8. The lowest BCUT2D eigenvalue weighted by Crippen LogP contribution is -1.95. The lowest BCUT2D eigenvalue weighted by Gasteiger charge is -2.16. The summed E-state index contributed by atoms with van der Waals surface area (Å²) >= 11 is 0. The molecule has 202 valence electrons. The number of hydrogen-bond donors (Lipinski definition) is 0. The zero-order valence-electron chi connectivity index (χ0n) is 24.0. The Morgan fingerprint density at radius 1 is 0.205 bits per heavy atom. The first-order chi connectivity index (χ1) is 21.8. The van der Waals surface area contributed by atoms with E-state index in [1.165, 1.54) is 98.8 Å². The molecule has 0 aromatic heterocycles. The van der Waals surface area contributed by atoms with Crippen molar-refractivity contribution >= 4 is 65.4 Å². The Labute approximate surface area is 255 Å². The van der Waals surface area contributed by atoms with E-state index in [4.69, 9.17) is 0 Å². The molecule has 0 radical (unpaired) electrons. The molecule has 0 N–H and O–H groups in total. The highest BCUT2D eigenvalue weighted by Gasteiger charge is 2.38. The third kappa shape index (κ3) is 3.23. The quantitative estimate of drug-likeness (QED) is 0.199. The Balaban J connectivity index is 1.44. The van der Waals surface area contributed by atoms with Crippen LogP contribution in [0.2, 0.25) is 0 Å². The molecular weight excluding hydrogens is 528 g/mol. The summed E-state index contributed by atoms with van der Waals surface area (Å²) in [6.07, 6.45) is 0. The smallest absolute Gasteiger partial charge is 0.000718 e. The second-order valence-electron chi connectivity index (χ2n) is 12.0. The second kappa shape index (κ2) is 8.89. The van der Waals surface area contributed by atoms with Crippen molar-refractivity contribution in [2.75, 3.05) is 0 Å². The average molecular weight is 555 g/mol. The summed E-state index contributed by atoms with van der Waals surface area (Å²) in [4.78, 5) is 0. The Morgan fingerprint density at radius 2 is 0.500 bits per heavy atom. The summed E-state index contributed by atoms with van der Waals surface area (Å²) in [7, 11) is 0. The third-order valence-electron chi connectivity index (χ3n) is 9.72. The standard InChI is InChI=1S/C44H26/c1-3-15-31-25-39-37(23-29(31)13-1)41(35-21-9-17-27-11-5-7-19-33(27)35)44-40-26-32-16-4-2-14-30(32)24-38(40)42(43(39)44)36-22-10-18-28-12-6-8-20-34(28)36/h1-26H. The van der Waals surface area contributed by atoms with E-state index < -0.39 is 0 Å². The molecule has 2 aliphatic rings. The minimum absolute atomic E-state index is 1.27. The van der Waals surface area contributed by atoms with Gasteiger partial charge in [0.15, 0.2) is 0 Å². The average Bonchev–Trinajstić information content (AvgIpc) is 3.57. The highest BCUT2D eigenvalue weighted by Crippen LogP contribution is 2.60. The zero-order chi connectivity index (χ0) is 28.8. The fraction of sp³-hybridized carbons (Fsp3) is 0. The fourth-order valence-electron chi connectivity index (χ4n) is 7.81. The Kier molecular flexibility index (Phi) is 4.81. The van der Waals surface area contributed by atoms with E-state index >= 15 is 0 Å². The molecule has 0 atom stereocenters. The van der Waals surface area contributed by atoms with Crippen LogP contribution in [-0.4, -0.2) is 0 Å². The summed E-state index contributed by atoms with van der Waals surface area (Å²) < 4.78 is 0. The maximum Gasteiger partial charge on any atom is -0.000718 e. The van der Waals surface area contributed by atoms with Gasteiger partial charge in [-0.2, -0.15) is 0 Å². The second-order valence-corrected chi connectivity index (χ2v) is 12.0. The Hall–Kier alpha value is -5.72. The molecule has 8 aromatic rings. The Bertz CT molecular complexity index is 2400. The topological polar surface area (TPSA) is 0 Å². The molecule has 8 aromatic carbocycles. The maximum absolute atomic E-state index is 2.44. The molecule has 0 spiro atoms. The summed E-state index contributed by atoms with van der Waals surface area (Å²) in [5.74, 6) is 0. The van der Waals surface area contributed by atoms with Crippen molar-refractivity contribution in [3.8, 4) is 0 Å². The number of rotatable bonds is 2. The molecule has 0 heterocycles. The van der Waals surface area contributed by atoms with E-state index in [0.717, 1.165) is 0 Å². The van der Waals surface area contributed by atoms with Crippen molar-refractivity contribution in [1.82, 2.24) is 0 Å². The van der Waals surface area contributed by atoms with Gasteiger partial charge in [0.25, 0.3) is 0 Å². The highest BCUT2D eigenvalue weighted by molar-refractivity contribution is 6.38. The van der Waals surface area contributed by atoms with Gasteiger partial charge < -0.3 is 0 Å². The van der Waals surface area contributed by atoms with E-state index in [0.29, 0.717) is 0 Å². The van der Waals surface area contributed by atoms with Crippen molar-refractivity contribution in [3.05, 3.63) is 191 Å². The van der Waals surface area contributed by atoms with Gasteiger partial charge in [-0.15, -0.1) is 0 Å². The summed E-state index contributed by atoms with van der Waals surface area (Å²) in [5.41, 5.74) is 13.3. The van der Waals surface area contributed by atoms with Crippen LogP contribution in [0, 0.1) is 0 Å². The monoisotopic (exact) mass is 554 g/mol. The first-order valence-corrected chi connectivity index (χ1v) is 15.4. The van der Waals surface area contributed by atoms with Crippen molar-refractivity contribution in [3.63, 3.8) is 0 Å². The van der Waals surface area contributed by atoms with Crippen molar-refractivity contribution in [2.45, 2.75) is 0 Å². The van der Waals surface area contributed by atoms with Crippen molar-refractivity contribution in [2.24, 2.45) is 0 Å². The molecular formula is C44H26. The lowest BCUT2D eigenvalue weighted by molar-refractivity contribution is 1.57. The first-order valence-electron chi connectivity index (χ1n) is 15.4. The van der Waals surface area contributed by atoms with Crippen molar-refractivity contribution < 1.29 is 0 Å². The highest BCUT2D eigenvalue weighted by atomic mass is 14.4. The van der Waals surface area contributed by atoms with Gasteiger partial charge in [0.2, 0.25) is 0 Å². The van der Waals surface area contributed by atoms with Gasteiger partial charge in [-0.3, -0.25) is 0 Å². The van der Waals surface area contributed by atoms with Crippen LogP contribution in [-0.2, 0) is 0 Å². The minimum atomic E-state index is 1.27. The van der Waals surface area contributed by atoms with Crippen LogP contribution in [0.5, 0.6) is 0 Å². The van der Waals surface area contributed by atoms with Gasteiger partial charge in [0.05, 0.1) is 0 Å². The summed E-state index contributed by atoms with van der Waals surface area (Å²) in [6.45, 7) is 0. The van der Waals surface area contributed by atoms with Crippen LogP contribution in [0.4, 0.5) is 0 Å². The predicted octanol–water partition coefficient (Wildman–Crippen LogP) is 11.5. The lowest BCUT2D eigenvalue weighted by atomic mass is 9.87. The molecule has 44 heavy (non-hydrogen) atoms. The van der Waals surface area contributed by atoms with E-state index in [9.17, 15) is 0 Å². The van der Waals surface area contributed by atoms with E-state index in [1.807, 2.05) is 0 Å². The normalized spacial score (nSPS) is 13.7. The minimum Gasteiger partial charge on any atom is -0.0616 e. The molecule has 0 unspecified atom stereocenters. The molecule has 0 aliphatic heterocycles. The van der Waals surface area contributed by atoms with E-state index in [2.05, 4.69) is 158 Å². The molecule has 0 nitrogen and oxygen atoms in total. The van der Waals surface area contributed by atoms with Crippen LogP contribution < -0.4 is 0 Å². The van der Waals surface area contributed by atoms with Gasteiger partial charge in [0.1, 0.15) is 0 Å². The number of allylic oxidation sites excluding steroid dienone is 2. The maximum atomic E-state index is 2.44. The van der Waals surface area contributed by atoms with E-state index in [-0.39, 0.29) is 0 Å². The van der Waals surface area contributed by atoms with Gasteiger partial charge in [-0.05, 0) is 123 Å². The van der Waals surface area contributed by atoms with Gasteiger partial charge in [-0.25, -0.2) is 0 Å². The molecule has 0 saturated heterocycles. The van der Waals surface area contributed by atoms with Crippen LogP contribution in [0.1, 0.15) is 33.4 Å². The molecule has 0 fully saturated rings. The van der Waals surface area contributed by atoms with Crippen LogP contribution in [0.3, 0.4) is 0 Å². The molecule has 10 rings (SSSR count). The number of fused-ring (bicyclic) bond motifs is 9. The van der Waals surface area contributed by atoms with Crippen LogP contribution >= 0.6 is 0 Å². The molecule has 2 aliphatic carbocycles.